The van der Waals surface area contributed by atoms with E-state index in [-0.39, 0.29) is 11.3 Å². The lowest BCUT2D eigenvalue weighted by molar-refractivity contribution is 0.209. The molecule has 0 radical (unpaired) electrons. The van der Waals surface area contributed by atoms with Gasteiger partial charge in [-0.3, -0.25) is 0 Å². The number of alkyl halides is 1. The van der Waals surface area contributed by atoms with E-state index in [1.807, 2.05) is 27.7 Å². The van der Waals surface area contributed by atoms with Gasteiger partial charge in [0.2, 0.25) is 11.8 Å². The third kappa shape index (κ3) is 7.99. The molecule has 2 aromatic heterocycles. The van der Waals surface area contributed by atoms with Crippen LogP contribution in [0.2, 0.25) is 0 Å². The molecule has 0 fully saturated rings. The van der Waals surface area contributed by atoms with E-state index in [1.165, 1.54) is 27.3 Å². The van der Waals surface area contributed by atoms with Crippen molar-refractivity contribution in [2.24, 2.45) is 0 Å². The lowest BCUT2D eigenvalue weighted by Crippen LogP contribution is -2.18. The molecule has 0 bridgehead atoms. The minimum Gasteiger partial charge on any atom is -0.481 e. The molecule has 6 nitrogen and oxygen atoms in total. The highest BCUT2D eigenvalue weighted by molar-refractivity contribution is 5.36. The number of rotatable bonds is 5. The van der Waals surface area contributed by atoms with Gasteiger partial charge in [0.25, 0.3) is 0 Å². The van der Waals surface area contributed by atoms with Gasteiger partial charge < -0.3 is 9.47 Å². The minimum atomic E-state index is -1.48. The first kappa shape index (κ1) is 29.7. The lowest BCUT2D eigenvalue weighted by Gasteiger charge is -2.23. The van der Waals surface area contributed by atoms with Gasteiger partial charge in [-0.05, 0) is 25.7 Å². The monoisotopic (exact) mass is 450 g/mol. The van der Waals surface area contributed by atoms with E-state index in [0.717, 1.165) is 16.8 Å². The van der Waals surface area contributed by atoms with Gasteiger partial charge in [0.1, 0.15) is 18.3 Å². The summed E-state index contributed by atoms with van der Waals surface area (Å²) in [5, 5.41) is 0. The summed E-state index contributed by atoms with van der Waals surface area (Å²) in [6.45, 7) is 21.6. The predicted octanol–water partition coefficient (Wildman–Crippen LogP) is 6.75. The fraction of sp³-hybridized carbons (Fsp3) is 0.680. The lowest BCUT2D eigenvalue weighted by atomic mass is 9.85. The zero-order valence-electron chi connectivity index (χ0n) is 22.3. The van der Waals surface area contributed by atoms with E-state index in [2.05, 4.69) is 54.6 Å². The molecule has 2 heterocycles. The Morgan fingerprint density at radius 1 is 0.688 bits per heavy atom. The van der Waals surface area contributed by atoms with Crippen LogP contribution < -0.4 is 9.47 Å². The first-order valence-electron chi connectivity index (χ1n) is 11.2. The number of ether oxygens (including phenoxy) is 2. The quantitative estimate of drug-likeness (QED) is 0.502. The van der Waals surface area contributed by atoms with Crippen LogP contribution in [0, 0.1) is 0 Å². The Hall–Kier alpha value is -2.31. The summed E-state index contributed by atoms with van der Waals surface area (Å²) >= 11 is 0. The van der Waals surface area contributed by atoms with Crippen LogP contribution in [0.25, 0.3) is 0 Å². The van der Waals surface area contributed by atoms with Crippen molar-refractivity contribution in [1.29, 1.82) is 0 Å². The Labute approximate surface area is 194 Å². The molecule has 0 aromatic carbocycles. The Morgan fingerprint density at radius 2 is 1.03 bits per heavy atom. The van der Waals surface area contributed by atoms with Gasteiger partial charge in [-0.1, -0.05) is 62.3 Å². The van der Waals surface area contributed by atoms with Crippen molar-refractivity contribution in [3.8, 4) is 11.8 Å². The van der Waals surface area contributed by atoms with Crippen molar-refractivity contribution in [3.63, 3.8) is 0 Å². The van der Waals surface area contributed by atoms with Gasteiger partial charge in [0, 0.05) is 16.5 Å². The third-order valence-corrected chi connectivity index (χ3v) is 4.51. The van der Waals surface area contributed by atoms with Gasteiger partial charge in [-0.25, -0.2) is 24.3 Å². The van der Waals surface area contributed by atoms with Crippen LogP contribution in [0.15, 0.2) is 12.7 Å². The summed E-state index contributed by atoms with van der Waals surface area (Å²) in [6.07, 6.45) is 2.91. The fourth-order valence-electron chi connectivity index (χ4n) is 3.20. The molecule has 0 aliphatic rings. The molecule has 0 spiro atoms. The Bertz CT molecular complexity index is 756. The molecule has 0 unspecified atom stereocenters. The first-order valence-corrected chi connectivity index (χ1v) is 11.2. The van der Waals surface area contributed by atoms with E-state index >= 15 is 0 Å². The van der Waals surface area contributed by atoms with Crippen LogP contribution in [0.4, 0.5) is 4.39 Å². The van der Waals surface area contributed by atoms with Crippen LogP contribution >= 0.6 is 0 Å². The highest BCUT2D eigenvalue weighted by Crippen LogP contribution is 2.35. The second kappa shape index (κ2) is 12.7. The van der Waals surface area contributed by atoms with Crippen molar-refractivity contribution in [1.82, 2.24) is 19.9 Å². The van der Waals surface area contributed by atoms with Crippen LogP contribution in [-0.2, 0) is 11.1 Å². The summed E-state index contributed by atoms with van der Waals surface area (Å²) in [4.78, 5) is 16.6. The maximum Gasteiger partial charge on any atom is 0.219 e. The molecular formula is C25H43FN4O2. The van der Waals surface area contributed by atoms with Crippen molar-refractivity contribution in [2.45, 2.75) is 99.1 Å². The Kier molecular flexibility index (Phi) is 11.7. The second-order valence-electron chi connectivity index (χ2n) is 9.32. The molecule has 0 saturated heterocycles. The topological polar surface area (TPSA) is 70.0 Å². The van der Waals surface area contributed by atoms with Crippen molar-refractivity contribution < 1.29 is 13.9 Å². The van der Waals surface area contributed by atoms with Crippen LogP contribution in [0.3, 0.4) is 0 Å². The smallest absolute Gasteiger partial charge is 0.219 e. The van der Waals surface area contributed by atoms with Gasteiger partial charge in [-0.15, -0.1) is 0 Å². The second-order valence-corrected chi connectivity index (χ2v) is 9.32. The predicted molar refractivity (Wildman–Crippen MR) is 130 cm³/mol. The molecule has 0 atom stereocenters. The van der Waals surface area contributed by atoms with E-state index in [1.54, 1.807) is 13.4 Å². The van der Waals surface area contributed by atoms with Crippen molar-refractivity contribution in [3.05, 3.63) is 35.2 Å². The molecule has 32 heavy (non-hydrogen) atoms. The molecule has 0 aliphatic heterocycles. The van der Waals surface area contributed by atoms with E-state index in [9.17, 15) is 4.39 Å². The summed E-state index contributed by atoms with van der Waals surface area (Å²) in [5.41, 5.74) is 1.89. The van der Waals surface area contributed by atoms with E-state index < -0.39 is 5.67 Å². The molecule has 7 heteroatoms. The SMILES string of the molecule is CC.COc1ncnc(C(C)(C)C)c1C(C)C.COc1ncnc(C(C)(C)F)c1C(C)C. The molecule has 2 rings (SSSR count). The standard InChI is InChI=1S/C12H20N2O.C11H17FN2O.C2H6/c1-8(2)9-10(12(3,4)5)13-7-14-11(9)15-6;1-7(2)8-9(11(3,4)12)13-6-14-10(8)15-5;1-2/h7-8H,1-6H3;6-7H,1-5H3;1-2H3. The fourth-order valence-corrected chi connectivity index (χ4v) is 3.20. The molecule has 0 aliphatic carbocycles. The van der Waals surface area contributed by atoms with Gasteiger partial charge in [0.15, 0.2) is 0 Å². The normalized spacial score (nSPS) is 11.4. The molecule has 182 valence electrons. The summed E-state index contributed by atoms with van der Waals surface area (Å²) in [7, 11) is 3.18. The van der Waals surface area contributed by atoms with Crippen molar-refractivity contribution in [2.75, 3.05) is 14.2 Å². The number of methoxy groups -OCH3 is 2. The Morgan fingerprint density at radius 3 is 1.31 bits per heavy atom. The largest absolute Gasteiger partial charge is 0.481 e. The minimum absolute atomic E-state index is 0.0236. The number of aromatic nitrogens is 4. The zero-order valence-corrected chi connectivity index (χ0v) is 22.3. The number of hydrogen-bond donors (Lipinski definition) is 0. The number of nitrogens with zero attached hydrogens (tertiary/aromatic N) is 4. The van der Waals surface area contributed by atoms with E-state index in [4.69, 9.17) is 9.47 Å². The van der Waals surface area contributed by atoms with E-state index in [0.29, 0.717) is 23.4 Å². The third-order valence-electron chi connectivity index (χ3n) is 4.51. The maximum atomic E-state index is 13.9. The average Bonchev–Trinajstić information content (AvgIpc) is 2.72. The zero-order chi connectivity index (χ0) is 25.3. The van der Waals surface area contributed by atoms with Gasteiger partial charge in [0.05, 0.1) is 25.6 Å². The van der Waals surface area contributed by atoms with Gasteiger partial charge in [-0.2, -0.15) is 0 Å². The number of hydrogen-bond acceptors (Lipinski definition) is 6. The summed E-state index contributed by atoms with van der Waals surface area (Å²) in [5.74, 6) is 1.66. The molecule has 2 aromatic rings. The molecule has 0 saturated carbocycles. The van der Waals surface area contributed by atoms with Gasteiger partial charge >= 0.3 is 0 Å². The summed E-state index contributed by atoms with van der Waals surface area (Å²) < 4.78 is 24.3. The van der Waals surface area contributed by atoms with Crippen LogP contribution in [-0.4, -0.2) is 34.2 Å². The summed E-state index contributed by atoms with van der Waals surface area (Å²) in [6, 6.07) is 0. The maximum absolute atomic E-state index is 13.9. The molecule has 0 amide bonds. The molecule has 0 N–H and O–H groups in total. The first-order chi connectivity index (χ1) is 14.8. The van der Waals surface area contributed by atoms with Crippen molar-refractivity contribution >= 4 is 0 Å². The Balaban J connectivity index is 0.000000557. The molecular weight excluding hydrogens is 407 g/mol. The number of halogens is 1. The highest BCUT2D eigenvalue weighted by atomic mass is 19.1. The average molecular weight is 451 g/mol. The highest BCUT2D eigenvalue weighted by Gasteiger charge is 2.28. The van der Waals surface area contributed by atoms with Crippen LogP contribution in [0.1, 0.15) is 111 Å². The van der Waals surface area contributed by atoms with Crippen LogP contribution in [0.5, 0.6) is 11.8 Å².